The lowest BCUT2D eigenvalue weighted by Crippen LogP contribution is -1.98. The quantitative estimate of drug-likeness (QED) is 0.655. The Morgan fingerprint density at radius 2 is 2.21 bits per heavy atom. The van der Waals surface area contributed by atoms with Gasteiger partial charge < -0.3 is 10.2 Å². The molecule has 1 heterocycles. The van der Waals surface area contributed by atoms with Crippen LogP contribution in [0.5, 0.6) is 5.75 Å². The Kier molecular flexibility index (Phi) is 2.13. The van der Waals surface area contributed by atoms with Crippen LogP contribution in [0.2, 0.25) is 0 Å². The molecule has 0 saturated heterocycles. The van der Waals surface area contributed by atoms with E-state index < -0.39 is 5.97 Å². The summed E-state index contributed by atoms with van der Waals surface area (Å²) in [6.07, 6.45) is 0. The maximum atomic E-state index is 10.8. The first-order valence-electron chi connectivity index (χ1n) is 3.76. The van der Waals surface area contributed by atoms with Gasteiger partial charge in [0.15, 0.2) is 0 Å². The summed E-state index contributed by atoms with van der Waals surface area (Å²) in [7, 11) is 0. The van der Waals surface area contributed by atoms with Crippen molar-refractivity contribution in [3.63, 3.8) is 0 Å². The topological polar surface area (TPSA) is 57.5 Å². The molecule has 5 heteroatoms. The molecule has 0 amide bonds. The van der Waals surface area contributed by atoms with E-state index in [-0.39, 0.29) is 11.3 Å². The molecule has 0 radical (unpaired) electrons. The van der Waals surface area contributed by atoms with E-state index in [0.29, 0.717) is 4.90 Å². The predicted octanol–water partition coefficient (Wildman–Crippen LogP) is 2.59. The molecule has 1 aromatic heterocycles. The number of carboxylic acid groups (broad SMARTS) is 1. The zero-order valence-electron chi connectivity index (χ0n) is 6.89. The van der Waals surface area contributed by atoms with Crippen molar-refractivity contribution in [3.05, 3.63) is 23.1 Å². The molecule has 0 aliphatic heterocycles. The molecule has 0 spiro atoms. The van der Waals surface area contributed by atoms with Crippen LogP contribution < -0.4 is 0 Å². The number of benzene rings is 1. The molecule has 0 atom stereocenters. The fraction of sp³-hybridized carbons (Fsp3) is 0. The third-order valence-corrected chi connectivity index (χ3v) is 3.46. The van der Waals surface area contributed by atoms with E-state index in [2.05, 4.69) is 12.6 Å². The standard InChI is InChI=1S/C9H6O3S2/c10-5-3-4-1-2-14-8(4)7(13)6(5)9(11)12/h1-3,10,13H,(H,11,12). The molecule has 2 aromatic rings. The summed E-state index contributed by atoms with van der Waals surface area (Å²) >= 11 is 5.51. The molecule has 14 heavy (non-hydrogen) atoms. The highest BCUT2D eigenvalue weighted by molar-refractivity contribution is 7.80. The number of rotatable bonds is 1. The average Bonchev–Trinajstić information content (AvgIpc) is 2.50. The number of hydrogen-bond acceptors (Lipinski definition) is 4. The van der Waals surface area contributed by atoms with Gasteiger partial charge in [-0.15, -0.1) is 24.0 Å². The van der Waals surface area contributed by atoms with Gasteiger partial charge in [-0.2, -0.15) is 0 Å². The lowest BCUT2D eigenvalue weighted by molar-refractivity contribution is 0.0690. The van der Waals surface area contributed by atoms with E-state index in [1.807, 2.05) is 11.4 Å². The molecule has 0 fully saturated rings. The van der Waals surface area contributed by atoms with Gasteiger partial charge in [0.05, 0.1) is 0 Å². The first kappa shape index (κ1) is 9.36. The highest BCUT2D eigenvalue weighted by Crippen LogP contribution is 2.35. The second kappa shape index (κ2) is 3.18. The Hall–Kier alpha value is -1.20. The van der Waals surface area contributed by atoms with Gasteiger partial charge in [0.25, 0.3) is 0 Å². The normalized spacial score (nSPS) is 10.6. The van der Waals surface area contributed by atoms with Crippen molar-refractivity contribution in [1.82, 2.24) is 0 Å². The molecule has 0 aliphatic rings. The minimum atomic E-state index is -1.16. The summed E-state index contributed by atoms with van der Waals surface area (Å²) in [5, 5.41) is 20.9. The number of hydrogen-bond donors (Lipinski definition) is 3. The van der Waals surface area contributed by atoms with Gasteiger partial charge >= 0.3 is 5.97 Å². The fourth-order valence-corrected chi connectivity index (χ4v) is 2.62. The highest BCUT2D eigenvalue weighted by Gasteiger charge is 2.17. The predicted molar refractivity (Wildman–Crippen MR) is 57.7 cm³/mol. The van der Waals surface area contributed by atoms with Crippen LogP contribution in [0.4, 0.5) is 0 Å². The molecule has 2 rings (SSSR count). The van der Waals surface area contributed by atoms with Gasteiger partial charge in [0.2, 0.25) is 0 Å². The molecule has 72 valence electrons. The fourth-order valence-electron chi connectivity index (χ4n) is 1.29. The van der Waals surface area contributed by atoms with Crippen molar-refractivity contribution in [2.75, 3.05) is 0 Å². The summed E-state index contributed by atoms with van der Waals surface area (Å²) in [5.74, 6) is -1.41. The number of aromatic hydroxyl groups is 1. The zero-order valence-corrected chi connectivity index (χ0v) is 8.60. The minimum absolute atomic E-state index is 0.136. The first-order valence-corrected chi connectivity index (χ1v) is 5.09. The lowest BCUT2D eigenvalue weighted by atomic mass is 10.1. The number of carboxylic acids is 1. The molecular weight excluding hydrogens is 220 g/mol. The number of aromatic carboxylic acids is 1. The Bertz CT molecular complexity index is 516. The molecule has 0 unspecified atom stereocenters. The van der Waals surface area contributed by atoms with E-state index in [1.165, 1.54) is 17.4 Å². The van der Waals surface area contributed by atoms with Crippen LogP contribution >= 0.6 is 24.0 Å². The number of thiol groups is 1. The van der Waals surface area contributed by atoms with Crippen LogP contribution in [0.25, 0.3) is 10.1 Å². The van der Waals surface area contributed by atoms with Crippen molar-refractivity contribution < 1.29 is 15.0 Å². The van der Waals surface area contributed by atoms with Gasteiger partial charge in [-0.1, -0.05) is 0 Å². The van der Waals surface area contributed by atoms with Crippen LogP contribution in [0.1, 0.15) is 10.4 Å². The Morgan fingerprint density at radius 1 is 1.50 bits per heavy atom. The molecule has 1 aromatic carbocycles. The van der Waals surface area contributed by atoms with E-state index in [1.54, 1.807) is 0 Å². The van der Waals surface area contributed by atoms with Crippen molar-refractivity contribution >= 4 is 40.0 Å². The zero-order chi connectivity index (χ0) is 10.3. The summed E-state index contributed by atoms with van der Waals surface area (Å²) < 4.78 is 0.781. The lowest BCUT2D eigenvalue weighted by Gasteiger charge is -2.03. The van der Waals surface area contributed by atoms with Crippen LogP contribution in [0, 0.1) is 0 Å². The van der Waals surface area contributed by atoms with Crippen LogP contribution in [0.3, 0.4) is 0 Å². The smallest absolute Gasteiger partial charge is 0.340 e. The van der Waals surface area contributed by atoms with Gasteiger partial charge in [0, 0.05) is 9.60 Å². The summed E-state index contributed by atoms with van der Waals surface area (Å²) in [6.45, 7) is 0. The third kappa shape index (κ3) is 1.25. The molecule has 3 nitrogen and oxygen atoms in total. The number of fused-ring (bicyclic) bond motifs is 1. The molecule has 2 N–H and O–H groups in total. The number of carbonyl (C=O) groups is 1. The Balaban J connectivity index is 2.89. The molecule has 0 aliphatic carbocycles. The third-order valence-electron chi connectivity index (χ3n) is 1.91. The number of phenols is 1. The van der Waals surface area contributed by atoms with Crippen molar-refractivity contribution in [2.45, 2.75) is 4.90 Å². The molecular formula is C9H6O3S2. The van der Waals surface area contributed by atoms with Crippen molar-refractivity contribution in [3.8, 4) is 5.75 Å². The summed E-state index contributed by atoms with van der Waals surface area (Å²) in [4.78, 5) is 11.1. The van der Waals surface area contributed by atoms with E-state index in [0.717, 1.165) is 10.1 Å². The minimum Gasteiger partial charge on any atom is -0.507 e. The monoisotopic (exact) mass is 226 g/mol. The second-order valence-corrected chi connectivity index (χ2v) is 4.13. The average molecular weight is 226 g/mol. The van der Waals surface area contributed by atoms with Crippen LogP contribution in [0.15, 0.2) is 22.4 Å². The largest absolute Gasteiger partial charge is 0.507 e. The maximum Gasteiger partial charge on any atom is 0.340 e. The Labute approximate surface area is 89.0 Å². The Morgan fingerprint density at radius 3 is 2.86 bits per heavy atom. The number of thiophene rings is 1. The van der Waals surface area contributed by atoms with Crippen LogP contribution in [-0.4, -0.2) is 16.2 Å². The van der Waals surface area contributed by atoms with E-state index in [9.17, 15) is 9.90 Å². The SMILES string of the molecule is O=C(O)c1c(O)cc2ccsc2c1S. The highest BCUT2D eigenvalue weighted by atomic mass is 32.1. The van der Waals surface area contributed by atoms with Gasteiger partial charge in [0.1, 0.15) is 11.3 Å². The van der Waals surface area contributed by atoms with E-state index >= 15 is 0 Å². The second-order valence-electron chi connectivity index (χ2n) is 2.76. The molecule has 0 bridgehead atoms. The van der Waals surface area contributed by atoms with Gasteiger partial charge in [-0.25, -0.2) is 4.79 Å². The van der Waals surface area contributed by atoms with Gasteiger partial charge in [-0.3, -0.25) is 0 Å². The van der Waals surface area contributed by atoms with Gasteiger partial charge in [-0.05, 0) is 22.9 Å². The summed E-state index contributed by atoms with van der Waals surface area (Å²) in [6, 6.07) is 3.25. The molecule has 0 saturated carbocycles. The van der Waals surface area contributed by atoms with Crippen LogP contribution in [-0.2, 0) is 0 Å². The summed E-state index contributed by atoms with van der Waals surface area (Å²) in [5.41, 5.74) is -0.136. The van der Waals surface area contributed by atoms with Crippen molar-refractivity contribution in [2.24, 2.45) is 0 Å². The first-order chi connectivity index (χ1) is 6.61. The van der Waals surface area contributed by atoms with Crippen molar-refractivity contribution in [1.29, 1.82) is 0 Å². The van der Waals surface area contributed by atoms with E-state index in [4.69, 9.17) is 5.11 Å². The maximum absolute atomic E-state index is 10.8.